The van der Waals surface area contributed by atoms with Crippen LogP contribution in [0.1, 0.15) is 136 Å². The lowest BCUT2D eigenvalue weighted by Gasteiger charge is -2.11. The summed E-state index contributed by atoms with van der Waals surface area (Å²) in [5.41, 5.74) is 0. The van der Waals surface area contributed by atoms with E-state index in [1.54, 1.807) is 0 Å². The number of amides is 1. The Balaban J connectivity index is 4.16. The van der Waals surface area contributed by atoms with Crippen molar-refractivity contribution in [2.45, 2.75) is 142 Å². The zero-order valence-electron chi connectivity index (χ0n) is 26.6. The minimum Gasteiger partial charge on any atom is -0.480 e. The Morgan fingerprint density at radius 1 is 0.643 bits per heavy atom. The van der Waals surface area contributed by atoms with Crippen molar-refractivity contribution in [2.75, 3.05) is 6.54 Å². The van der Waals surface area contributed by atoms with Crippen molar-refractivity contribution < 1.29 is 24.2 Å². The molecular formula is C36H59NO5. The van der Waals surface area contributed by atoms with Gasteiger partial charge in [0, 0.05) is 12.8 Å². The molecule has 0 aliphatic rings. The van der Waals surface area contributed by atoms with Crippen LogP contribution in [-0.2, 0) is 19.1 Å². The molecule has 42 heavy (non-hydrogen) atoms. The molecule has 0 heterocycles. The Kier molecular flexibility index (Phi) is 28.9. The molecule has 0 aliphatic carbocycles. The number of ether oxygens (including phenoxy) is 1. The van der Waals surface area contributed by atoms with Crippen LogP contribution < -0.4 is 5.32 Å². The lowest BCUT2D eigenvalue weighted by atomic mass is 10.1. The van der Waals surface area contributed by atoms with Gasteiger partial charge < -0.3 is 15.2 Å². The molecule has 0 aromatic carbocycles. The van der Waals surface area contributed by atoms with Crippen LogP contribution in [0.15, 0.2) is 60.8 Å². The van der Waals surface area contributed by atoms with E-state index in [4.69, 9.17) is 9.84 Å². The Labute approximate surface area is 256 Å². The molecule has 0 fully saturated rings. The van der Waals surface area contributed by atoms with E-state index in [1.807, 2.05) is 24.3 Å². The van der Waals surface area contributed by atoms with Gasteiger partial charge in [0.15, 0.2) is 0 Å². The van der Waals surface area contributed by atoms with Crippen molar-refractivity contribution in [3.8, 4) is 0 Å². The maximum absolute atomic E-state index is 12.5. The fourth-order valence-electron chi connectivity index (χ4n) is 4.21. The Morgan fingerprint density at radius 2 is 1.19 bits per heavy atom. The number of nitrogens with one attached hydrogen (secondary N) is 1. The number of carbonyl (C=O) groups excluding carboxylic acids is 2. The summed E-state index contributed by atoms with van der Waals surface area (Å²) < 4.78 is 5.73. The number of hydrogen-bond acceptors (Lipinski definition) is 4. The first-order valence-corrected chi connectivity index (χ1v) is 16.5. The monoisotopic (exact) mass is 585 g/mol. The molecular weight excluding hydrogens is 526 g/mol. The highest BCUT2D eigenvalue weighted by atomic mass is 16.5. The van der Waals surface area contributed by atoms with Crippen LogP contribution in [0.2, 0.25) is 0 Å². The number of hydrogen-bond donors (Lipinski definition) is 2. The van der Waals surface area contributed by atoms with E-state index < -0.39 is 5.97 Å². The number of carboxylic acid groups (broad SMARTS) is 1. The highest BCUT2D eigenvalue weighted by Crippen LogP contribution is 2.11. The van der Waals surface area contributed by atoms with Crippen LogP contribution >= 0.6 is 0 Å². The lowest BCUT2D eigenvalue weighted by Crippen LogP contribution is -2.28. The first kappa shape index (κ1) is 39.1. The lowest BCUT2D eigenvalue weighted by molar-refractivity contribution is -0.145. The van der Waals surface area contributed by atoms with Crippen LogP contribution in [0.4, 0.5) is 0 Å². The van der Waals surface area contributed by atoms with Gasteiger partial charge in [-0.05, 0) is 82.8 Å². The second-order valence-corrected chi connectivity index (χ2v) is 10.7. The second-order valence-electron chi connectivity index (χ2n) is 10.7. The van der Waals surface area contributed by atoms with Gasteiger partial charge in [-0.2, -0.15) is 0 Å². The number of unbranched alkanes of at least 4 members (excludes halogenated alkanes) is 11. The molecule has 0 spiro atoms. The molecule has 0 aliphatic heterocycles. The largest absolute Gasteiger partial charge is 0.480 e. The van der Waals surface area contributed by atoms with Gasteiger partial charge >= 0.3 is 11.9 Å². The molecule has 0 aromatic rings. The Hall–Kier alpha value is -2.89. The van der Waals surface area contributed by atoms with Crippen molar-refractivity contribution in [3.05, 3.63) is 60.8 Å². The van der Waals surface area contributed by atoms with Crippen molar-refractivity contribution in [3.63, 3.8) is 0 Å². The molecule has 0 bridgehead atoms. The molecule has 6 nitrogen and oxygen atoms in total. The van der Waals surface area contributed by atoms with Gasteiger partial charge in [0.25, 0.3) is 0 Å². The van der Waals surface area contributed by atoms with Crippen LogP contribution in [-0.4, -0.2) is 35.6 Å². The molecule has 1 amide bonds. The minimum absolute atomic E-state index is 0.156. The predicted molar refractivity (Wildman–Crippen MR) is 175 cm³/mol. The fourth-order valence-corrected chi connectivity index (χ4v) is 4.21. The molecule has 238 valence electrons. The maximum Gasteiger partial charge on any atom is 0.322 e. The van der Waals surface area contributed by atoms with Crippen molar-refractivity contribution in [1.82, 2.24) is 5.32 Å². The SMILES string of the molecule is CC/C=C\C/C=C\C(/C=C\CCCCCC(=O)NCC(=O)O)OC(=O)CCCCCCC/C=C\C/C=C\CCCCC. The van der Waals surface area contributed by atoms with Crippen molar-refractivity contribution in [2.24, 2.45) is 0 Å². The van der Waals surface area contributed by atoms with Crippen LogP contribution in [0.5, 0.6) is 0 Å². The van der Waals surface area contributed by atoms with Gasteiger partial charge in [-0.15, -0.1) is 0 Å². The summed E-state index contributed by atoms with van der Waals surface area (Å²) in [7, 11) is 0. The third-order valence-electron chi connectivity index (χ3n) is 6.64. The Bertz CT molecular complexity index is 825. The number of rotatable bonds is 28. The van der Waals surface area contributed by atoms with Gasteiger partial charge in [-0.25, -0.2) is 0 Å². The zero-order valence-corrected chi connectivity index (χ0v) is 26.6. The normalized spacial score (nSPS) is 12.8. The first-order chi connectivity index (χ1) is 20.5. The maximum atomic E-state index is 12.5. The number of carboxylic acids is 1. The number of carbonyl (C=O) groups is 3. The smallest absolute Gasteiger partial charge is 0.322 e. The molecule has 0 rings (SSSR count). The van der Waals surface area contributed by atoms with Crippen molar-refractivity contribution >= 4 is 17.8 Å². The third kappa shape index (κ3) is 30.1. The van der Waals surface area contributed by atoms with E-state index in [0.717, 1.165) is 70.6 Å². The van der Waals surface area contributed by atoms with Gasteiger partial charge in [-0.1, -0.05) is 101 Å². The molecule has 0 radical (unpaired) electrons. The average Bonchev–Trinajstić information content (AvgIpc) is 2.97. The molecule has 1 atom stereocenters. The summed E-state index contributed by atoms with van der Waals surface area (Å²) in [6, 6.07) is 0. The minimum atomic E-state index is -1.04. The summed E-state index contributed by atoms with van der Waals surface area (Å²) >= 11 is 0. The van der Waals surface area contributed by atoms with Crippen LogP contribution in [0.25, 0.3) is 0 Å². The summed E-state index contributed by atoms with van der Waals surface area (Å²) in [5.74, 6) is -1.42. The first-order valence-electron chi connectivity index (χ1n) is 16.5. The molecule has 0 saturated carbocycles. The van der Waals surface area contributed by atoms with Crippen molar-refractivity contribution in [1.29, 1.82) is 0 Å². The average molecular weight is 586 g/mol. The zero-order chi connectivity index (χ0) is 30.9. The van der Waals surface area contributed by atoms with Gasteiger partial charge in [0.05, 0.1) is 0 Å². The van der Waals surface area contributed by atoms with Gasteiger partial charge in [0.1, 0.15) is 12.6 Å². The molecule has 0 saturated heterocycles. The van der Waals surface area contributed by atoms with E-state index in [2.05, 4.69) is 55.6 Å². The van der Waals surface area contributed by atoms with E-state index in [1.165, 1.54) is 38.5 Å². The molecule has 1 unspecified atom stereocenters. The van der Waals surface area contributed by atoms with Gasteiger partial charge in [0.2, 0.25) is 5.91 Å². The quantitative estimate of drug-likeness (QED) is 0.0542. The highest BCUT2D eigenvalue weighted by Gasteiger charge is 2.08. The number of aliphatic carboxylic acids is 1. The summed E-state index contributed by atoms with van der Waals surface area (Å²) in [6.07, 6.45) is 39.5. The third-order valence-corrected chi connectivity index (χ3v) is 6.64. The number of esters is 1. The summed E-state index contributed by atoms with van der Waals surface area (Å²) in [4.78, 5) is 34.5. The molecule has 0 aromatic heterocycles. The summed E-state index contributed by atoms with van der Waals surface area (Å²) in [5, 5.41) is 11.0. The van der Waals surface area contributed by atoms with Gasteiger partial charge in [-0.3, -0.25) is 14.4 Å². The molecule has 6 heteroatoms. The predicted octanol–water partition coefficient (Wildman–Crippen LogP) is 9.33. The topological polar surface area (TPSA) is 92.7 Å². The Morgan fingerprint density at radius 3 is 1.88 bits per heavy atom. The van der Waals surface area contributed by atoms with E-state index >= 15 is 0 Å². The van der Waals surface area contributed by atoms with Crippen LogP contribution in [0.3, 0.4) is 0 Å². The van der Waals surface area contributed by atoms with E-state index in [0.29, 0.717) is 12.8 Å². The van der Waals surface area contributed by atoms with E-state index in [9.17, 15) is 14.4 Å². The van der Waals surface area contributed by atoms with Crippen LogP contribution in [0, 0.1) is 0 Å². The van der Waals surface area contributed by atoms with E-state index in [-0.39, 0.29) is 24.5 Å². The summed E-state index contributed by atoms with van der Waals surface area (Å²) in [6.45, 7) is 4.00. The molecule has 2 N–H and O–H groups in total. The number of allylic oxidation sites excluding steroid dienone is 8. The standard InChI is InChI=1S/C36H59NO5/c1-3-5-7-9-10-11-12-13-14-15-16-17-18-23-27-31-36(41)42-33(28-24-20-8-6-4-2)29-25-21-19-22-26-30-34(38)37-32-35(39)40/h6,8,10-11,13-14,24-25,28-29,33H,3-5,7,9,12,15-23,26-27,30-32H2,1-2H3,(H,37,38)(H,39,40)/b8-6-,11-10-,14-13-,28-24-,29-25-. The highest BCUT2D eigenvalue weighted by molar-refractivity contribution is 5.80. The second kappa shape index (κ2) is 31.1. The fraction of sp³-hybridized carbons (Fsp3) is 0.639.